The number of hydrogen-bond donors (Lipinski definition) is 0. The Kier molecular flexibility index (Phi) is 7.18. The van der Waals surface area contributed by atoms with E-state index in [1.807, 2.05) is 18.7 Å². The summed E-state index contributed by atoms with van der Waals surface area (Å²) in [6.45, 7) is 6.37. The zero-order chi connectivity index (χ0) is 7.72. The molecule has 0 atom stereocenters. The zero-order valence-corrected chi connectivity index (χ0v) is 12.6. The minimum atomic E-state index is 0. The van der Waals surface area contributed by atoms with E-state index in [0.29, 0.717) is 5.92 Å². The quantitative estimate of drug-likeness (QED) is 0.672. The smallest absolute Gasteiger partial charge is 0.368 e. The number of aromatic nitrogens is 2. The third-order valence-electron chi connectivity index (χ3n) is 1.65. The molecule has 0 aliphatic rings. The van der Waals surface area contributed by atoms with Crippen molar-refractivity contribution in [1.82, 2.24) is 9.78 Å². The molecular weight excluding hydrogens is 374 g/mol. The van der Waals surface area contributed by atoms with Crippen molar-refractivity contribution in [3.05, 3.63) is 24.9 Å². The first-order valence-electron chi connectivity index (χ1n) is 3.54. The number of hydrogen-bond acceptors (Lipinski definition) is 1. The molecule has 1 aromatic rings. The Morgan fingerprint density at radius 2 is 1.92 bits per heavy atom. The molecule has 1 heterocycles. The summed E-state index contributed by atoms with van der Waals surface area (Å²) in [4.78, 5) is 0. The molecule has 0 saturated carbocycles. The van der Waals surface area contributed by atoms with Crippen LogP contribution >= 0.6 is 0 Å². The Morgan fingerprint density at radius 1 is 1.42 bits per heavy atom. The predicted octanol–water partition coefficient (Wildman–Crippen LogP) is 2.10. The van der Waals surface area contributed by atoms with Gasteiger partial charge in [0.25, 0.3) is 0 Å². The van der Waals surface area contributed by atoms with E-state index < -0.39 is 0 Å². The van der Waals surface area contributed by atoms with E-state index in [-0.39, 0.29) is 38.5 Å². The Balaban J connectivity index is 0. The van der Waals surface area contributed by atoms with Gasteiger partial charge in [-0.1, -0.05) is 26.7 Å². The van der Waals surface area contributed by atoms with Gasteiger partial charge in [-0.05, 0) is 0 Å². The first kappa shape index (κ1) is 14.8. The summed E-state index contributed by atoms with van der Waals surface area (Å²) >= 11 is 0. The van der Waals surface area contributed by atoms with Crippen molar-refractivity contribution in [1.29, 1.82) is 0 Å². The fourth-order valence-corrected chi connectivity index (χ4v) is 1.31. The number of rotatable bonds is 1. The molecule has 0 aromatic carbocycles. The second-order valence-electron chi connectivity index (χ2n) is 2.90. The summed E-state index contributed by atoms with van der Waals surface area (Å²) in [5, 5.41) is 4.03. The predicted molar refractivity (Wildman–Crippen MR) is 47.3 cm³/mol. The van der Waals surface area contributed by atoms with Gasteiger partial charge in [-0.25, -0.2) is 0 Å². The van der Waals surface area contributed by atoms with Gasteiger partial charge in [-0.2, -0.15) is 5.56 Å². The fraction of sp³-hybridized carbons (Fsp3) is 0.556. The first-order chi connectivity index (χ1) is 4.63. The van der Waals surface area contributed by atoms with E-state index in [1.165, 1.54) is 5.69 Å². The third-order valence-corrected chi connectivity index (χ3v) is 1.65. The monoisotopic (exact) mass is 390 g/mol. The summed E-state index contributed by atoms with van der Waals surface area (Å²) in [5.41, 5.74) is 2.44. The number of aryl methyl sites for hydroxylation is 2. The molecule has 3 heteroatoms. The molecule has 0 N–H and O–H groups in total. The van der Waals surface area contributed by atoms with Crippen molar-refractivity contribution in [2.75, 3.05) is 0 Å². The molecule has 0 aliphatic heterocycles. The normalized spacial score (nSPS) is 9.08. The molecule has 66 valence electrons. The van der Waals surface area contributed by atoms with Gasteiger partial charge in [0.1, 0.15) is 0 Å². The van der Waals surface area contributed by atoms with Gasteiger partial charge in [0.2, 0.25) is 0 Å². The number of nitrogens with zero attached hydrogens (tertiary/aromatic N) is 2. The molecule has 1 rings (SSSR count). The maximum Gasteiger partial charge on any atom is 2.00 e. The van der Waals surface area contributed by atoms with Crippen molar-refractivity contribution in [3.8, 4) is 0 Å². The van der Waals surface area contributed by atoms with Crippen LogP contribution in [0.2, 0.25) is 0 Å². The Labute approximate surface area is 99.1 Å². The van der Waals surface area contributed by atoms with Crippen molar-refractivity contribution in [2.24, 2.45) is 7.05 Å². The average Bonchev–Trinajstić information content (AvgIpc) is 2.11. The first-order valence-corrected chi connectivity index (χ1v) is 3.54. The summed E-state index contributed by atoms with van der Waals surface area (Å²) < 4.78 is 1.89. The standard InChI is InChI=1S/C8H13N2.CH3.U/c1-6(2)8-7(3)5-9-10(8)4;;/h6H,1-4H3;1H3;/q2*-1;+2. The fourth-order valence-electron chi connectivity index (χ4n) is 1.31. The Hall–Kier alpha value is 0.262. The largest absolute Gasteiger partial charge is 2.00 e. The third kappa shape index (κ3) is 2.95. The van der Waals surface area contributed by atoms with Gasteiger partial charge >= 0.3 is 31.1 Å². The molecule has 12 heavy (non-hydrogen) atoms. The van der Waals surface area contributed by atoms with Crippen molar-refractivity contribution >= 4 is 0 Å². The van der Waals surface area contributed by atoms with Crippen LogP contribution in [0.25, 0.3) is 0 Å². The van der Waals surface area contributed by atoms with Gasteiger partial charge in [0.15, 0.2) is 0 Å². The van der Waals surface area contributed by atoms with Crippen LogP contribution in [0.5, 0.6) is 0 Å². The summed E-state index contributed by atoms with van der Waals surface area (Å²) in [7, 11) is 1.96. The topological polar surface area (TPSA) is 17.8 Å². The minimum Gasteiger partial charge on any atom is -0.368 e. The average molecular weight is 390 g/mol. The maximum absolute atomic E-state index is 4.03. The van der Waals surface area contributed by atoms with E-state index in [1.54, 1.807) is 0 Å². The molecule has 2 nitrogen and oxygen atoms in total. The molecule has 0 bridgehead atoms. The van der Waals surface area contributed by atoms with E-state index in [9.17, 15) is 0 Å². The van der Waals surface area contributed by atoms with E-state index in [2.05, 4.69) is 25.1 Å². The molecule has 0 spiro atoms. The van der Waals surface area contributed by atoms with Crippen molar-refractivity contribution in [3.63, 3.8) is 0 Å². The molecule has 0 aliphatic carbocycles. The maximum atomic E-state index is 4.03. The van der Waals surface area contributed by atoms with Gasteiger partial charge < -0.3 is 17.2 Å². The molecule has 1 aromatic heterocycles. The van der Waals surface area contributed by atoms with Crippen LogP contribution in [-0.4, -0.2) is 9.78 Å². The van der Waals surface area contributed by atoms with Gasteiger partial charge in [-0.3, -0.25) is 0 Å². The summed E-state index contributed by atoms with van der Waals surface area (Å²) in [6.07, 6.45) is 2.93. The van der Waals surface area contributed by atoms with Crippen LogP contribution in [0.4, 0.5) is 0 Å². The van der Waals surface area contributed by atoms with Crippen LogP contribution < -0.4 is 0 Å². The molecule has 0 fully saturated rings. The van der Waals surface area contributed by atoms with Crippen LogP contribution in [0.15, 0.2) is 0 Å². The molecule has 0 radical (unpaired) electrons. The van der Waals surface area contributed by atoms with Gasteiger partial charge in [-0.15, -0.1) is 11.9 Å². The molecule has 0 saturated heterocycles. The van der Waals surface area contributed by atoms with Crippen LogP contribution in [0.3, 0.4) is 0 Å². The van der Waals surface area contributed by atoms with Gasteiger partial charge in [0, 0.05) is 7.05 Å². The van der Waals surface area contributed by atoms with Crippen LogP contribution in [0.1, 0.15) is 31.0 Å². The van der Waals surface area contributed by atoms with E-state index in [4.69, 9.17) is 0 Å². The summed E-state index contributed by atoms with van der Waals surface area (Å²) in [5.74, 6) is 0.545. The van der Waals surface area contributed by atoms with Crippen LogP contribution in [-0.2, 0) is 7.05 Å². The molecule has 0 amide bonds. The van der Waals surface area contributed by atoms with Crippen molar-refractivity contribution < 1.29 is 31.1 Å². The molecular formula is C9H16N2U. The van der Waals surface area contributed by atoms with E-state index >= 15 is 0 Å². The van der Waals surface area contributed by atoms with Crippen LogP contribution in [0, 0.1) is 51.7 Å². The summed E-state index contributed by atoms with van der Waals surface area (Å²) in [6, 6.07) is 0. The Morgan fingerprint density at radius 3 is 2.08 bits per heavy atom. The molecule has 0 unspecified atom stereocenters. The van der Waals surface area contributed by atoms with Crippen molar-refractivity contribution in [2.45, 2.75) is 26.7 Å². The van der Waals surface area contributed by atoms with Gasteiger partial charge in [0.05, 0.1) is 0 Å². The zero-order valence-electron chi connectivity index (χ0n) is 8.47. The SMILES string of the molecule is Cc1[c-]nn(C)c1C(C)C.[CH3-].[U+2]. The Bertz CT molecular complexity index is 209. The van der Waals surface area contributed by atoms with E-state index in [0.717, 1.165) is 5.56 Å². The second kappa shape index (κ2) is 5.83. The second-order valence-corrected chi connectivity index (χ2v) is 2.90. The minimum absolute atomic E-state index is 0.